The molecular weight excluding hydrogens is 438 g/mol. The Morgan fingerprint density at radius 3 is 2.52 bits per heavy atom. The molecule has 1 aromatic heterocycles. The van der Waals surface area contributed by atoms with Crippen LogP contribution in [0, 0.1) is 0 Å². The third-order valence-corrected chi connectivity index (χ3v) is 5.65. The van der Waals surface area contributed by atoms with E-state index in [1.165, 1.54) is 0 Å². The molecule has 0 fully saturated rings. The van der Waals surface area contributed by atoms with Gasteiger partial charge in [-0.25, -0.2) is 4.98 Å². The zero-order chi connectivity index (χ0) is 23.2. The van der Waals surface area contributed by atoms with Gasteiger partial charge in [0.25, 0.3) is 5.56 Å². The molecule has 4 aromatic rings. The lowest BCUT2D eigenvalue weighted by Crippen LogP contribution is -2.36. The molecule has 33 heavy (non-hydrogen) atoms. The van der Waals surface area contributed by atoms with E-state index in [-0.39, 0.29) is 12.2 Å². The Bertz CT molecular complexity index is 1260. The van der Waals surface area contributed by atoms with Crippen LogP contribution in [-0.2, 0) is 6.54 Å². The van der Waals surface area contributed by atoms with Crippen molar-refractivity contribution < 1.29 is 9.84 Å². The van der Waals surface area contributed by atoms with Crippen LogP contribution in [0.1, 0.15) is 12.7 Å². The first kappa shape index (κ1) is 23.0. The van der Waals surface area contributed by atoms with Crippen molar-refractivity contribution in [3.05, 3.63) is 94.0 Å². The fraction of sp³-hybridized carbons (Fsp3) is 0.231. The van der Waals surface area contributed by atoms with Crippen LogP contribution in [-0.4, -0.2) is 45.8 Å². The topological polar surface area (TPSA) is 78.5 Å². The molecule has 1 atom stereocenters. The van der Waals surface area contributed by atoms with Gasteiger partial charge in [0.2, 0.25) is 0 Å². The van der Waals surface area contributed by atoms with Gasteiger partial charge in [0.15, 0.2) is 0 Å². The smallest absolute Gasteiger partial charge is 0.258 e. The van der Waals surface area contributed by atoms with Crippen molar-refractivity contribution in [1.82, 2.24) is 14.9 Å². The van der Waals surface area contributed by atoms with Gasteiger partial charge in [0.05, 0.1) is 17.4 Å². The molecule has 2 N–H and O–H groups in total. The van der Waals surface area contributed by atoms with E-state index in [1.54, 1.807) is 18.2 Å². The van der Waals surface area contributed by atoms with Crippen molar-refractivity contribution in [3.63, 3.8) is 0 Å². The monoisotopic (exact) mass is 463 g/mol. The molecule has 0 aliphatic heterocycles. The second-order valence-corrected chi connectivity index (χ2v) is 8.29. The van der Waals surface area contributed by atoms with Crippen molar-refractivity contribution in [1.29, 1.82) is 0 Å². The highest BCUT2D eigenvalue weighted by atomic mass is 35.5. The molecule has 1 heterocycles. The van der Waals surface area contributed by atoms with Crippen LogP contribution >= 0.6 is 11.6 Å². The number of nitrogens with one attached hydrogen (secondary N) is 1. The van der Waals surface area contributed by atoms with Crippen LogP contribution in [0.2, 0.25) is 5.02 Å². The first-order chi connectivity index (χ1) is 16.0. The lowest BCUT2D eigenvalue weighted by molar-refractivity contribution is 0.0667. The summed E-state index contributed by atoms with van der Waals surface area (Å²) in [6.45, 7) is 3.62. The standard InChI is InChI=1S/C26H26ClN3O3/c1-2-30(16-25-28-24-14-20(27)10-13-23(24)26(32)29-25)15-21(31)17-33-22-11-8-19(9-12-22)18-6-4-3-5-7-18/h3-14,21,31H,2,15-17H2,1H3,(H,28,29,32). The molecule has 4 rings (SSSR count). The number of nitrogens with zero attached hydrogens (tertiary/aromatic N) is 2. The van der Waals surface area contributed by atoms with E-state index in [1.807, 2.05) is 54.3 Å². The number of hydrogen-bond donors (Lipinski definition) is 2. The number of halogens is 1. The summed E-state index contributed by atoms with van der Waals surface area (Å²) < 4.78 is 5.78. The maximum atomic E-state index is 12.4. The summed E-state index contributed by atoms with van der Waals surface area (Å²) in [4.78, 5) is 21.7. The van der Waals surface area contributed by atoms with Crippen molar-refractivity contribution in [3.8, 4) is 16.9 Å². The maximum absolute atomic E-state index is 12.4. The third-order valence-electron chi connectivity index (χ3n) is 5.41. The van der Waals surface area contributed by atoms with Gasteiger partial charge in [-0.15, -0.1) is 0 Å². The van der Waals surface area contributed by atoms with Gasteiger partial charge < -0.3 is 14.8 Å². The molecule has 0 saturated heterocycles. The Hall–Kier alpha value is -3.19. The highest BCUT2D eigenvalue weighted by molar-refractivity contribution is 6.31. The van der Waals surface area contributed by atoms with E-state index in [4.69, 9.17) is 16.3 Å². The third kappa shape index (κ3) is 5.99. The summed E-state index contributed by atoms with van der Waals surface area (Å²) in [5.74, 6) is 1.23. The van der Waals surface area contributed by atoms with E-state index in [0.717, 1.165) is 11.1 Å². The number of benzene rings is 3. The number of aromatic amines is 1. The predicted molar refractivity (Wildman–Crippen MR) is 132 cm³/mol. The maximum Gasteiger partial charge on any atom is 0.258 e. The second-order valence-electron chi connectivity index (χ2n) is 7.86. The lowest BCUT2D eigenvalue weighted by Gasteiger charge is -2.23. The molecule has 1 unspecified atom stereocenters. The highest BCUT2D eigenvalue weighted by Crippen LogP contribution is 2.22. The van der Waals surface area contributed by atoms with Crippen LogP contribution in [0.5, 0.6) is 5.75 Å². The highest BCUT2D eigenvalue weighted by Gasteiger charge is 2.14. The van der Waals surface area contributed by atoms with Crippen LogP contribution in [0.15, 0.2) is 77.6 Å². The normalized spacial score (nSPS) is 12.2. The average molecular weight is 464 g/mol. The molecule has 0 spiro atoms. The number of aromatic nitrogens is 2. The van der Waals surface area contributed by atoms with E-state index in [0.29, 0.717) is 47.1 Å². The SMILES string of the molecule is CCN(Cc1nc2cc(Cl)ccc2c(=O)[nH]1)CC(O)COc1ccc(-c2ccccc2)cc1. The summed E-state index contributed by atoms with van der Waals surface area (Å²) in [7, 11) is 0. The Kier molecular flexibility index (Phi) is 7.40. The number of likely N-dealkylation sites (N-methyl/N-ethyl adjacent to an activating group) is 1. The van der Waals surface area contributed by atoms with Gasteiger partial charge in [-0.05, 0) is 48.0 Å². The van der Waals surface area contributed by atoms with Gasteiger partial charge in [0, 0.05) is 11.6 Å². The Balaban J connectivity index is 1.34. The van der Waals surface area contributed by atoms with Gasteiger partial charge in [-0.1, -0.05) is 61.0 Å². The largest absolute Gasteiger partial charge is 0.491 e. The minimum atomic E-state index is -0.694. The van der Waals surface area contributed by atoms with Crippen LogP contribution < -0.4 is 10.3 Å². The van der Waals surface area contributed by atoms with Gasteiger partial charge in [-0.3, -0.25) is 9.69 Å². The molecule has 0 saturated carbocycles. The zero-order valence-corrected chi connectivity index (χ0v) is 19.1. The van der Waals surface area contributed by atoms with E-state index in [9.17, 15) is 9.90 Å². The van der Waals surface area contributed by atoms with Crippen molar-refractivity contribution in [2.75, 3.05) is 19.7 Å². The second kappa shape index (κ2) is 10.6. The molecular formula is C26H26ClN3O3. The molecule has 0 aliphatic carbocycles. The van der Waals surface area contributed by atoms with Crippen LogP contribution in [0.3, 0.4) is 0 Å². The Morgan fingerprint density at radius 1 is 1.06 bits per heavy atom. The number of rotatable bonds is 9. The summed E-state index contributed by atoms with van der Waals surface area (Å²) in [5.41, 5.74) is 2.61. The predicted octanol–water partition coefficient (Wildman–Crippen LogP) is 4.51. The quantitative estimate of drug-likeness (QED) is 0.382. The van der Waals surface area contributed by atoms with Crippen LogP contribution in [0.4, 0.5) is 0 Å². The fourth-order valence-electron chi connectivity index (χ4n) is 3.67. The first-order valence-electron chi connectivity index (χ1n) is 10.9. The molecule has 0 radical (unpaired) electrons. The molecule has 7 heteroatoms. The first-order valence-corrected chi connectivity index (χ1v) is 11.3. The van der Waals surface area contributed by atoms with Gasteiger partial charge >= 0.3 is 0 Å². The van der Waals surface area contributed by atoms with E-state index >= 15 is 0 Å². The molecule has 6 nitrogen and oxygen atoms in total. The van der Waals surface area contributed by atoms with E-state index < -0.39 is 6.10 Å². The molecule has 0 amide bonds. The minimum Gasteiger partial charge on any atom is -0.491 e. The fourth-order valence-corrected chi connectivity index (χ4v) is 3.84. The number of hydrogen-bond acceptors (Lipinski definition) is 5. The van der Waals surface area contributed by atoms with Gasteiger partial charge in [-0.2, -0.15) is 0 Å². The molecule has 3 aromatic carbocycles. The molecule has 0 aliphatic rings. The Labute approximate surface area is 197 Å². The minimum absolute atomic E-state index is 0.165. The summed E-state index contributed by atoms with van der Waals surface area (Å²) in [5, 5.41) is 11.5. The zero-order valence-electron chi connectivity index (χ0n) is 18.4. The van der Waals surface area contributed by atoms with Crippen LogP contribution in [0.25, 0.3) is 22.0 Å². The summed E-state index contributed by atoms with van der Waals surface area (Å²) in [6, 6.07) is 23.0. The van der Waals surface area contributed by atoms with Crippen molar-refractivity contribution in [2.24, 2.45) is 0 Å². The van der Waals surface area contributed by atoms with Crippen molar-refractivity contribution in [2.45, 2.75) is 19.6 Å². The van der Waals surface area contributed by atoms with Crippen molar-refractivity contribution >= 4 is 22.5 Å². The van der Waals surface area contributed by atoms with Gasteiger partial charge in [0.1, 0.15) is 24.3 Å². The summed E-state index contributed by atoms with van der Waals surface area (Å²) >= 11 is 6.04. The average Bonchev–Trinajstić information content (AvgIpc) is 2.83. The number of aliphatic hydroxyl groups excluding tert-OH is 1. The lowest BCUT2D eigenvalue weighted by atomic mass is 10.1. The summed E-state index contributed by atoms with van der Waals surface area (Å²) in [6.07, 6.45) is -0.694. The number of fused-ring (bicyclic) bond motifs is 1. The Morgan fingerprint density at radius 2 is 1.79 bits per heavy atom. The molecule has 170 valence electrons. The number of ether oxygens (including phenoxy) is 1. The number of aliphatic hydroxyl groups is 1. The van der Waals surface area contributed by atoms with E-state index in [2.05, 4.69) is 22.1 Å². The number of H-pyrrole nitrogens is 1. The molecule has 0 bridgehead atoms.